The number of amides is 1. The molecule has 2 aromatic heterocycles. The number of nitrogens with zero attached hydrogens (tertiary/aromatic N) is 7. The van der Waals surface area contributed by atoms with Gasteiger partial charge in [0.2, 0.25) is 0 Å². The molecule has 0 radical (unpaired) electrons. The average molecular weight is 476 g/mol. The number of carbonyl (C=O) groups is 1. The standard InChI is InChI=1S/C21H23ClFN7OS/c1-13-24-20(32-27-13)19-26-25-18-17(6-7-28-11-14(10-23)12-28)29(8-9-30(18)19)21(31)15-2-4-16(22)5-3-15/h2-5,14,17H,6-12H2,1H3. The average Bonchev–Trinajstić information content (AvgIpc) is 3.39. The highest BCUT2D eigenvalue weighted by Gasteiger charge is 2.36. The predicted octanol–water partition coefficient (Wildman–Crippen LogP) is 3.25. The van der Waals surface area contributed by atoms with Crippen LogP contribution in [0.15, 0.2) is 24.3 Å². The van der Waals surface area contributed by atoms with E-state index in [1.165, 1.54) is 11.5 Å². The quantitative estimate of drug-likeness (QED) is 0.544. The number of alkyl halides is 1. The molecular formula is C21H23ClFN7OS. The van der Waals surface area contributed by atoms with Crippen LogP contribution in [0.1, 0.15) is 34.5 Å². The van der Waals surface area contributed by atoms with Gasteiger partial charge in [-0.2, -0.15) is 4.37 Å². The molecule has 3 aromatic rings. The molecule has 2 aliphatic rings. The van der Waals surface area contributed by atoms with Crippen LogP contribution in [-0.2, 0) is 6.54 Å². The van der Waals surface area contributed by atoms with Gasteiger partial charge in [-0.25, -0.2) is 4.98 Å². The summed E-state index contributed by atoms with van der Waals surface area (Å²) in [6.45, 7) is 4.98. The van der Waals surface area contributed by atoms with Gasteiger partial charge in [0.05, 0.1) is 12.7 Å². The maximum Gasteiger partial charge on any atom is 0.254 e. The molecule has 1 aromatic carbocycles. The van der Waals surface area contributed by atoms with Crippen molar-refractivity contribution in [3.05, 3.63) is 46.5 Å². The Morgan fingerprint density at radius 2 is 2.00 bits per heavy atom. The van der Waals surface area contributed by atoms with Gasteiger partial charge in [0.25, 0.3) is 5.91 Å². The Hall–Kier alpha value is -2.43. The molecule has 0 saturated carbocycles. The highest BCUT2D eigenvalue weighted by molar-refractivity contribution is 7.09. The fourth-order valence-corrected chi connectivity index (χ4v) is 5.17. The normalized spacial score (nSPS) is 19.1. The highest BCUT2D eigenvalue weighted by Crippen LogP contribution is 2.33. The van der Waals surface area contributed by atoms with E-state index in [1.54, 1.807) is 24.3 Å². The summed E-state index contributed by atoms with van der Waals surface area (Å²) >= 11 is 7.30. The minimum atomic E-state index is -0.278. The molecule has 168 valence electrons. The lowest BCUT2D eigenvalue weighted by molar-refractivity contribution is 0.0479. The predicted molar refractivity (Wildman–Crippen MR) is 119 cm³/mol. The lowest BCUT2D eigenvalue weighted by Gasteiger charge is -2.41. The molecule has 0 aliphatic carbocycles. The Kier molecular flexibility index (Phi) is 5.92. The zero-order valence-corrected chi connectivity index (χ0v) is 19.2. The molecule has 32 heavy (non-hydrogen) atoms. The summed E-state index contributed by atoms with van der Waals surface area (Å²) in [5.41, 5.74) is 0.591. The smallest absolute Gasteiger partial charge is 0.254 e. The second kappa shape index (κ2) is 8.84. The van der Waals surface area contributed by atoms with Crippen LogP contribution in [0.2, 0.25) is 5.02 Å². The molecule has 1 unspecified atom stereocenters. The van der Waals surface area contributed by atoms with Crippen molar-refractivity contribution in [1.82, 2.24) is 33.9 Å². The minimum absolute atomic E-state index is 0.0560. The van der Waals surface area contributed by atoms with E-state index in [0.717, 1.165) is 30.5 Å². The number of hydrogen-bond acceptors (Lipinski definition) is 7. The first-order valence-electron chi connectivity index (χ1n) is 10.6. The second-order valence-electron chi connectivity index (χ2n) is 8.27. The maximum atomic E-state index is 13.4. The molecule has 11 heteroatoms. The molecule has 0 spiro atoms. The molecule has 0 N–H and O–H groups in total. The Morgan fingerprint density at radius 3 is 2.69 bits per heavy atom. The monoisotopic (exact) mass is 475 g/mol. The molecule has 1 amide bonds. The third-order valence-corrected chi connectivity index (χ3v) is 7.11. The first-order valence-corrected chi connectivity index (χ1v) is 11.8. The maximum absolute atomic E-state index is 13.4. The van der Waals surface area contributed by atoms with E-state index in [4.69, 9.17) is 11.6 Å². The van der Waals surface area contributed by atoms with Gasteiger partial charge in [-0.1, -0.05) is 11.6 Å². The largest absolute Gasteiger partial charge is 0.327 e. The summed E-state index contributed by atoms with van der Waals surface area (Å²) in [4.78, 5) is 21.9. The Morgan fingerprint density at radius 1 is 1.22 bits per heavy atom. The van der Waals surface area contributed by atoms with Crippen LogP contribution >= 0.6 is 23.1 Å². The third kappa shape index (κ3) is 4.02. The van der Waals surface area contributed by atoms with E-state index in [0.29, 0.717) is 41.7 Å². The molecule has 1 fully saturated rings. The van der Waals surface area contributed by atoms with Crippen molar-refractivity contribution >= 4 is 29.0 Å². The Balaban J connectivity index is 1.43. The van der Waals surface area contributed by atoms with Crippen LogP contribution in [0.5, 0.6) is 0 Å². The molecule has 1 saturated heterocycles. The fourth-order valence-electron chi connectivity index (χ4n) is 4.38. The number of benzene rings is 1. The first kappa shape index (κ1) is 21.4. The highest BCUT2D eigenvalue weighted by atomic mass is 35.5. The number of hydrogen-bond donors (Lipinski definition) is 0. The topological polar surface area (TPSA) is 80.0 Å². The van der Waals surface area contributed by atoms with Gasteiger partial charge in [-0.15, -0.1) is 10.2 Å². The van der Waals surface area contributed by atoms with Gasteiger partial charge in [-0.3, -0.25) is 9.18 Å². The van der Waals surface area contributed by atoms with Crippen molar-refractivity contribution in [2.75, 3.05) is 32.9 Å². The minimum Gasteiger partial charge on any atom is -0.327 e. The zero-order valence-electron chi connectivity index (χ0n) is 17.6. The van der Waals surface area contributed by atoms with Gasteiger partial charge in [0.1, 0.15) is 5.82 Å². The van der Waals surface area contributed by atoms with Crippen LogP contribution in [0.4, 0.5) is 4.39 Å². The number of rotatable bonds is 6. The van der Waals surface area contributed by atoms with E-state index in [-0.39, 0.29) is 24.5 Å². The SMILES string of the molecule is Cc1nsc(-c2nnc3n2CCN(C(=O)c2ccc(Cl)cc2)C3CCN2CC(CF)C2)n1. The van der Waals surface area contributed by atoms with Crippen LogP contribution in [0, 0.1) is 12.8 Å². The van der Waals surface area contributed by atoms with Crippen molar-refractivity contribution in [3.8, 4) is 10.8 Å². The van der Waals surface area contributed by atoms with Gasteiger partial charge in [-0.05, 0) is 49.1 Å². The molecule has 1 atom stereocenters. The fraction of sp³-hybridized carbons (Fsp3) is 0.476. The van der Waals surface area contributed by atoms with Crippen molar-refractivity contribution < 1.29 is 9.18 Å². The zero-order chi connectivity index (χ0) is 22.2. The Labute approximate surface area is 194 Å². The third-order valence-electron chi connectivity index (χ3n) is 6.06. The van der Waals surface area contributed by atoms with E-state index in [1.807, 2.05) is 11.8 Å². The number of fused-ring (bicyclic) bond motifs is 1. The summed E-state index contributed by atoms with van der Waals surface area (Å²) in [6.07, 6.45) is 0.700. The summed E-state index contributed by atoms with van der Waals surface area (Å²) in [7, 11) is 0. The van der Waals surface area contributed by atoms with Crippen molar-refractivity contribution in [2.45, 2.75) is 25.9 Å². The number of aromatic nitrogens is 5. The van der Waals surface area contributed by atoms with Crippen molar-refractivity contribution in [2.24, 2.45) is 5.92 Å². The van der Waals surface area contributed by atoms with Crippen molar-refractivity contribution in [3.63, 3.8) is 0 Å². The summed E-state index contributed by atoms with van der Waals surface area (Å²) < 4.78 is 19.1. The summed E-state index contributed by atoms with van der Waals surface area (Å²) in [6, 6.07) is 6.72. The number of aryl methyl sites for hydroxylation is 1. The second-order valence-corrected chi connectivity index (χ2v) is 9.46. The lowest BCUT2D eigenvalue weighted by atomic mass is 10.00. The van der Waals surface area contributed by atoms with E-state index < -0.39 is 0 Å². The van der Waals surface area contributed by atoms with Gasteiger partial charge in [0.15, 0.2) is 16.7 Å². The number of carbonyl (C=O) groups excluding carboxylic acids is 1. The van der Waals surface area contributed by atoms with Crippen LogP contribution < -0.4 is 0 Å². The summed E-state index contributed by atoms with van der Waals surface area (Å²) in [5.74, 6) is 2.22. The molecular weight excluding hydrogens is 453 g/mol. The van der Waals surface area contributed by atoms with Crippen LogP contribution in [0.25, 0.3) is 10.8 Å². The first-order chi connectivity index (χ1) is 15.5. The van der Waals surface area contributed by atoms with Crippen LogP contribution in [-0.4, -0.2) is 72.7 Å². The van der Waals surface area contributed by atoms with Crippen LogP contribution in [0.3, 0.4) is 0 Å². The Bertz CT molecular complexity index is 1110. The molecule has 8 nitrogen and oxygen atoms in total. The molecule has 4 heterocycles. The lowest BCUT2D eigenvalue weighted by Crippen LogP contribution is -2.49. The van der Waals surface area contributed by atoms with Crippen molar-refractivity contribution in [1.29, 1.82) is 0 Å². The van der Waals surface area contributed by atoms with Gasteiger partial charge in [0, 0.05) is 49.2 Å². The van der Waals surface area contributed by atoms with E-state index >= 15 is 0 Å². The molecule has 0 bridgehead atoms. The van der Waals surface area contributed by atoms with E-state index in [2.05, 4.69) is 29.0 Å². The van der Waals surface area contributed by atoms with E-state index in [9.17, 15) is 9.18 Å². The van der Waals surface area contributed by atoms with Gasteiger partial charge < -0.3 is 14.4 Å². The summed E-state index contributed by atoms with van der Waals surface area (Å²) in [5, 5.41) is 10.2. The number of likely N-dealkylation sites (tertiary alicyclic amines) is 1. The number of halogens is 2. The van der Waals surface area contributed by atoms with Gasteiger partial charge >= 0.3 is 0 Å². The molecule has 5 rings (SSSR count). The molecule has 2 aliphatic heterocycles.